The van der Waals surface area contributed by atoms with Gasteiger partial charge in [0.1, 0.15) is 11.9 Å². The first-order valence-corrected chi connectivity index (χ1v) is 13.0. The Kier molecular flexibility index (Phi) is 8.15. The molecule has 0 aliphatic carbocycles. The molecule has 0 saturated heterocycles. The maximum Gasteiger partial charge on any atom is 0.243 e. The summed E-state index contributed by atoms with van der Waals surface area (Å²) in [4.78, 5) is 27.5. The zero-order chi connectivity index (χ0) is 26.7. The summed E-state index contributed by atoms with van der Waals surface area (Å²) in [5.74, 6) is -1.57. The van der Waals surface area contributed by atoms with E-state index < -0.39 is 45.8 Å². The van der Waals surface area contributed by atoms with Crippen molar-refractivity contribution in [3.05, 3.63) is 78.1 Å². The Hall–Kier alpha value is -3.30. The second-order valence-electron chi connectivity index (χ2n) is 9.80. The number of sulfonamides is 1. The van der Waals surface area contributed by atoms with Crippen LogP contribution in [0.25, 0.3) is 10.8 Å². The monoisotopic (exact) mass is 513 g/mol. The molecule has 1 unspecified atom stereocenters. The molecular weight excluding hydrogens is 481 g/mol. The number of fused-ring (bicyclic) bond motifs is 1. The fourth-order valence-corrected chi connectivity index (χ4v) is 4.90. The quantitative estimate of drug-likeness (QED) is 0.495. The van der Waals surface area contributed by atoms with Gasteiger partial charge >= 0.3 is 0 Å². The van der Waals surface area contributed by atoms with Crippen LogP contribution in [-0.2, 0) is 26.2 Å². The molecule has 0 aliphatic heterocycles. The van der Waals surface area contributed by atoms with Crippen molar-refractivity contribution < 1.29 is 22.4 Å². The van der Waals surface area contributed by atoms with Crippen LogP contribution in [0.3, 0.4) is 0 Å². The molecule has 3 aromatic rings. The van der Waals surface area contributed by atoms with Crippen LogP contribution in [0.4, 0.5) is 4.39 Å². The van der Waals surface area contributed by atoms with Gasteiger partial charge in [0, 0.05) is 24.7 Å². The normalized spacial score (nSPS) is 13.0. The minimum atomic E-state index is -4.00. The molecule has 0 aromatic heterocycles. The fraction of sp³-hybridized carbons (Fsp3) is 0.333. The van der Waals surface area contributed by atoms with Crippen LogP contribution >= 0.6 is 0 Å². The lowest BCUT2D eigenvalue weighted by Crippen LogP contribution is -2.54. The number of hydrogen-bond donors (Lipinski definition) is 1. The predicted molar refractivity (Wildman–Crippen MR) is 138 cm³/mol. The first-order chi connectivity index (χ1) is 16.8. The van der Waals surface area contributed by atoms with Gasteiger partial charge in [-0.3, -0.25) is 9.59 Å². The lowest BCUT2D eigenvalue weighted by molar-refractivity contribution is -0.141. The third-order valence-electron chi connectivity index (χ3n) is 5.75. The van der Waals surface area contributed by atoms with Gasteiger partial charge in [0.25, 0.3) is 0 Å². The number of carbonyl (C=O) groups excluding carboxylic acids is 2. The highest BCUT2D eigenvalue weighted by molar-refractivity contribution is 7.89. The van der Waals surface area contributed by atoms with E-state index in [1.807, 2.05) is 45.0 Å². The molecular formula is C27H32FN3O4S. The molecule has 3 rings (SSSR count). The van der Waals surface area contributed by atoms with E-state index in [2.05, 4.69) is 5.32 Å². The highest BCUT2D eigenvalue weighted by Gasteiger charge is 2.32. The number of rotatable bonds is 8. The summed E-state index contributed by atoms with van der Waals surface area (Å²) in [6.45, 7) is 6.27. The Morgan fingerprint density at radius 2 is 1.58 bits per heavy atom. The summed E-state index contributed by atoms with van der Waals surface area (Å²) >= 11 is 0. The highest BCUT2D eigenvalue weighted by atomic mass is 32.2. The number of nitrogens with one attached hydrogen (secondary N) is 1. The Morgan fingerprint density at radius 3 is 2.22 bits per heavy atom. The average Bonchev–Trinajstić information content (AvgIpc) is 2.81. The SMILES string of the molecule is CC(C(=O)NC(C)(C)C)N(Cc1ccccc1F)C(=O)CN(C)S(=O)(=O)c1ccc2ccccc2c1. The number of nitrogens with zero attached hydrogens (tertiary/aromatic N) is 2. The van der Waals surface area contributed by atoms with Crippen LogP contribution in [0, 0.1) is 5.82 Å². The van der Waals surface area contributed by atoms with Crippen molar-refractivity contribution >= 4 is 32.6 Å². The predicted octanol–water partition coefficient (Wildman–Crippen LogP) is 3.93. The molecule has 0 radical (unpaired) electrons. The van der Waals surface area contributed by atoms with Crippen molar-refractivity contribution in [2.24, 2.45) is 0 Å². The number of carbonyl (C=O) groups is 2. The van der Waals surface area contributed by atoms with Crippen LogP contribution in [0.1, 0.15) is 33.3 Å². The molecule has 192 valence electrons. The van der Waals surface area contributed by atoms with E-state index in [4.69, 9.17) is 0 Å². The minimum absolute atomic E-state index is 0.0516. The molecule has 2 amide bonds. The van der Waals surface area contributed by atoms with E-state index >= 15 is 0 Å². The highest BCUT2D eigenvalue weighted by Crippen LogP contribution is 2.22. The van der Waals surface area contributed by atoms with Crippen molar-refractivity contribution in [2.75, 3.05) is 13.6 Å². The molecule has 9 heteroatoms. The van der Waals surface area contributed by atoms with Gasteiger partial charge in [0.2, 0.25) is 21.8 Å². The smallest absolute Gasteiger partial charge is 0.243 e. The van der Waals surface area contributed by atoms with Crippen molar-refractivity contribution in [3.8, 4) is 0 Å². The lowest BCUT2D eigenvalue weighted by Gasteiger charge is -2.32. The fourth-order valence-electron chi connectivity index (χ4n) is 3.74. The van der Waals surface area contributed by atoms with E-state index in [0.29, 0.717) is 0 Å². The van der Waals surface area contributed by atoms with Gasteiger partial charge in [-0.1, -0.05) is 48.5 Å². The van der Waals surface area contributed by atoms with Gasteiger partial charge in [-0.2, -0.15) is 4.31 Å². The molecule has 1 atom stereocenters. The van der Waals surface area contributed by atoms with E-state index in [1.54, 1.807) is 18.2 Å². The minimum Gasteiger partial charge on any atom is -0.350 e. The second kappa shape index (κ2) is 10.8. The number of benzene rings is 3. The maximum absolute atomic E-state index is 14.4. The van der Waals surface area contributed by atoms with Gasteiger partial charge in [-0.15, -0.1) is 0 Å². The Balaban J connectivity index is 1.87. The van der Waals surface area contributed by atoms with Gasteiger partial charge in [-0.05, 0) is 56.7 Å². The largest absolute Gasteiger partial charge is 0.350 e. The van der Waals surface area contributed by atoms with E-state index in [-0.39, 0.29) is 17.0 Å². The standard InChI is InChI=1S/C27H32FN3O4S/c1-19(26(33)29-27(2,3)4)31(17-22-12-8-9-13-24(22)28)25(32)18-30(5)36(34,35)23-15-14-20-10-6-7-11-21(20)16-23/h6-16,19H,17-18H2,1-5H3,(H,29,33). The zero-order valence-electron chi connectivity index (χ0n) is 21.2. The molecule has 0 fully saturated rings. The molecule has 0 heterocycles. The third kappa shape index (κ3) is 6.47. The molecule has 7 nitrogen and oxygen atoms in total. The second-order valence-corrected chi connectivity index (χ2v) is 11.8. The van der Waals surface area contributed by atoms with Crippen LogP contribution in [0.2, 0.25) is 0 Å². The van der Waals surface area contributed by atoms with Crippen molar-refractivity contribution in [2.45, 2.75) is 50.7 Å². The van der Waals surface area contributed by atoms with Crippen molar-refractivity contribution in [1.29, 1.82) is 0 Å². The topological polar surface area (TPSA) is 86.8 Å². The Morgan fingerprint density at radius 1 is 0.972 bits per heavy atom. The summed E-state index contributed by atoms with van der Waals surface area (Å²) in [5, 5.41) is 4.47. The van der Waals surface area contributed by atoms with E-state index in [0.717, 1.165) is 15.1 Å². The summed E-state index contributed by atoms with van der Waals surface area (Å²) < 4.78 is 41.9. The van der Waals surface area contributed by atoms with E-state index in [1.165, 1.54) is 43.1 Å². The summed E-state index contributed by atoms with van der Waals surface area (Å²) in [7, 11) is -2.69. The first kappa shape index (κ1) is 27.3. The number of halogens is 1. The molecule has 36 heavy (non-hydrogen) atoms. The van der Waals surface area contributed by atoms with E-state index in [9.17, 15) is 22.4 Å². The summed E-state index contributed by atoms with van der Waals surface area (Å²) in [6, 6.07) is 17.1. The first-order valence-electron chi connectivity index (χ1n) is 11.6. The van der Waals surface area contributed by atoms with Crippen LogP contribution in [0.15, 0.2) is 71.6 Å². The number of amides is 2. The number of hydrogen-bond acceptors (Lipinski definition) is 4. The molecule has 3 aromatic carbocycles. The van der Waals surface area contributed by atoms with Crippen LogP contribution in [-0.4, -0.2) is 54.6 Å². The molecule has 1 N–H and O–H groups in total. The lowest BCUT2D eigenvalue weighted by atomic mass is 10.1. The van der Waals surface area contributed by atoms with Crippen molar-refractivity contribution in [3.63, 3.8) is 0 Å². The zero-order valence-corrected chi connectivity index (χ0v) is 22.0. The molecule has 0 aliphatic rings. The van der Waals surface area contributed by atoms with Gasteiger partial charge < -0.3 is 10.2 Å². The van der Waals surface area contributed by atoms with Crippen LogP contribution in [0.5, 0.6) is 0 Å². The van der Waals surface area contributed by atoms with Crippen molar-refractivity contribution in [1.82, 2.24) is 14.5 Å². The molecule has 0 spiro atoms. The van der Waals surface area contributed by atoms with Gasteiger partial charge in [-0.25, -0.2) is 12.8 Å². The Bertz CT molecular complexity index is 1370. The number of likely N-dealkylation sites (N-methyl/N-ethyl adjacent to an activating group) is 1. The molecule has 0 saturated carbocycles. The van der Waals surface area contributed by atoms with Gasteiger partial charge in [0.15, 0.2) is 0 Å². The van der Waals surface area contributed by atoms with Crippen LogP contribution < -0.4 is 5.32 Å². The average molecular weight is 514 g/mol. The maximum atomic E-state index is 14.4. The summed E-state index contributed by atoms with van der Waals surface area (Å²) in [5.41, 5.74) is -0.324. The van der Waals surface area contributed by atoms with Gasteiger partial charge in [0.05, 0.1) is 11.4 Å². The summed E-state index contributed by atoms with van der Waals surface area (Å²) in [6.07, 6.45) is 0. The third-order valence-corrected chi connectivity index (χ3v) is 7.55. The molecule has 0 bridgehead atoms. The Labute approximate surface area is 212 Å².